The van der Waals surface area contributed by atoms with Crippen molar-refractivity contribution in [3.63, 3.8) is 0 Å². The lowest BCUT2D eigenvalue weighted by Crippen LogP contribution is -2.33. The van der Waals surface area contributed by atoms with Crippen LogP contribution in [0.2, 0.25) is 0 Å². The number of para-hydroxylation sites is 1. The van der Waals surface area contributed by atoms with E-state index in [0.29, 0.717) is 23.7 Å². The Morgan fingerprint density at radius 2 is 1.93 bits per heavy atom. The van der Waals surface area contributed by atoms with Gasteiger partial charge in [-0.1, -0.05) is 31.2 Å². The van der Waals surface area contributed by atoms with Gasteiger partial charge in [0.25, 0.3) is 5.91 Å². The Morgan fingerprint density at radius 1 is 1.13 bits per heavy atom. The lowest BCUT2D eigenvalue weighted by molar-refractivity contribution is -0.117. The van der Waals surface area contributed by atoms with Crippen molar-refractivity contribution in [1.29, 1.82) is 0 Å². The molecule has 0 bridgehead atoms. The van der Waals surface area contributed by atoms with E-state index in [2.05, 4.69) is 34.4 Å². The Morgan fingerprint density at radius 3 is 2.70 bits per heavy atom. The highest BCUT2D eigenvalue weighted by Crippen LogP contribution is 2.20. The van der Waals surface area contributed by atoms with Crippen LogP contribution in [0.1, 0.15) is 29.3 Å². The Labute approximate surface area is 179 Å². The average Bonchev–Trinajstić information content (AvgIpc) is 3.14. The lowest BCUT2D eigenvalue weighted by Gasteiger charge is -2.20. The monoisotopic (exact) mass is 408 g/mol. The highest BCUT2D eigenvalue weighted by molar-refractivity contribution is 6.10. The van der Waals surface area contributed by atoms with Crippen LogP contribution in [0.25, 0.3) is 0 Å². The van der Waals surface area contributed by atoms with Crippen molar-refractivity contribution in [3.05, 3.63) is 59.7 Å². The summed E-state index contributed by atoms with van der Waals surface area (Å²) < 4.78 is 0. The zero-order valence-electron chi connectivity index (χ0n) is 18.1. The summed E-state index contributed by atoms with van der Waals surface area (Å²) in [4.78, 5) is 29.9. The van der Waals surface area contributed by atoms with Gasteiger partial charge < -0.3 is 15.5 Å². The predicted octanol–water partition coefficient (Wildman–Crippen LogP) is 3.46. The molecule has 2 amide bonds. The number of anilines is 2. The summed E-state index contributed by atoms with van der Waals surface area (Å²) in [5.74, 6) is 0.283. The van der Waals surface area contributed by atoms with Crippen molar-refractivity contribution in [3.8, 4) is 0 Å². The number of hydrogen-bond acceptors (Lipinski definition) is 4. The molecule has 0 aromatic heterocycles. The van der Waals surface area contributed by atoms with Gasteiger partial charge in [-0.15, -0.1) is 0 Å². The second kappa shape index (κ2) is 10.4. The number of aryl methyl sites for hydroxylation is 1. The normalized spacial score (nSPS) is 16.6. The molecule has 0 spiro atoms. The molecule has 3 rings (SSSR count). The number of rotatable bonds is 8. The van der Waals surface area contributed by atoms with Gasteiger partial charge >= 0.3 is 0 Å². The van der Waals surface area contributed by atoms with Crippen LogP contribution >= 0.6 is 0 Å². The third kappa shape index (κ3) is 6.15. The second-order valence-corrected chi connectivity index (χ2v) is 8.16. The Hall–Kier alpha value is -2.70. The van der Waals surface area contributed by atoms with Gasteiger partial charge in [-0.2, -0.15) is 0 Å². The first-order valence-electron chi connectivity index (χ1n) is 10.6. The fraction of sp³-hybridized carbons (Fsp3) is 0.417. The van der Waals surface area contributed by atoms with Crippen molar-refractivity contribution in [2.45, 2.75) is 20.3 Å². The molecule has 0 radical (unpaired) electrons. The largest absolute Gasteiger partial charge is 0.324 e. The lowest BCUT2D eigenvalue weighted by atomic mass is 10.1. The fourth-order valence-electron chi connectivity index (χ4n) is 3.88. The minimum Gasteiger partial charge on any atom is -0.324 e. The fourth-order valence-corrected chi connectivity index (χ4v) is 3.88. The number of nitrogens with one attached hydrogen (secondary N) is 2. The number of carbonyl (C=O) groups excluding carboxylic acids is 2. The highest BCUT2D eigenvalue weighted by Gasteiger charge is 2.25. The summed E-state index contributed by atoms with van der Waals surface area (Å²) in [7, 11) is 2.13. The summed E-state index contributed by atoms with van der Waals surface area (Å²) in [5.41, 5.74) is 2.80. The molecule has 30 heavy (non-hydrogen) atoms. The molecule has 6 nitrogen and oxygen atoms in total. The third-order valence-electron chi connectivity index (χ3n) is 5.57. The SMILES string of the molecule is CCN(C)C[C@H]1CCN(CC(=O)Nc2ccccc2C(=O)Nc2cccc(C)c2)C1. The van der Waals surface area contributed by atoms with E-state index in [0.717, 1.165) is 43.9 Å². The smallest absolute Gasteiger partial charge is 0.257 e. The summed E-state index contributed by atoms with van der Waals surface area (Å²) in [6, 6.07) is 14.8. The van der Waals surface area contributed by atoms with E-state index in [1.54, 1.807) is 18.2 Å². The molecule has 1 aliphatic rings. The van der Waals surface area contributed by atoms with Gasteiger partial charge in [0.2, 0.25) is 5.91 Å². The second-order valence-electron chi connectivity index (χ2n) is 8.16. The van der Waals surface area contributed by atoms with Crippen LogP contribution in [0.4, 0.5) is 11.4 Å². The molecule has 0 unspecified atom stereocenters. The summed E-state index contributed by atoms with van der Waals surface area (Å²) >= 11 is 0. The maximum absolute atomic E-state index is 12.8. The van der Waals surface area contributed by atoms with Crippen molar-refractivity contribution < 1.29 is 9.59 Å². The molecule has 2 N–H and O–H groups in total. The van der Waals surface area contributed by atoms with Gasteiger partial charge in [-0.3, -0.25) is 14.5 Å². The molecule has 2 aromatic rings. The Balaban J connectivity index is 1.58. The van der Waals surface area contributed by atoms with Crippen molar-refractivity contribution in [2.24, 2.45) is 5.92 Å². The van der Waals surface area contributed by atoms with Gasteiger partial charge in [-0.05, 0) is 69.2 Å². The van der Waals surface area contributed by atoms with Gasteiger partial charge in [0.1, 0.15) is 0 Å². The van der Waals surface area contributed by atoms with E-state index in [1.807, 2.05) is 37.3 Å². The van der Waals surface area contributed by atoms with E-state index in [9.17, 15) is 9.59 Å². The zero-order chi connectivity index (χ0) is 21.5. The molecule has 1 fully saturated rings. The van der Waals surface area contributed by atoms with Crippen LogP contribution in [0, 0.1) is 12.8 Å². The van der Waals surface area contributed by atoms with E-state index < -0.39 is 0 Å². The van der Waals surface area contributed by atoms with E-state index in [-0.39, 0.29) is 11.8 Å². The highest BCUT2D eigenvalue weighted by atomic mass is 16.2. The topological polar surface area (TPSA) is 64.7 Å². The number of benzene rings is 2. The minimum absolute atomic E-state index is 0.0877. The number of hydrogen-bond donors (Lipinski definition) is 2. The first-order chi connectivity index (χ1) is 14.4. The van der Waals surface area contributed by atoms with Crippen molar-refractivity contribution in [1.82, 2.24) is 9.80 Å². The van der Waals surface area contributed by atoms with Gasteiger partial charge in [0, 0.05) is 18.8 Å². The van der Waals surface area contributed by atoms with Crippen LogP contribution in [0.3, 0.4) is 0 Å². The Bertz CT molecular complexity index is 883. The molecular weight excluding hydrogens is 376 g/mol. The molecule has 1 heterocycles. The molecule has 6 heteroatoms. The molecule has 1 saturated heterocycles. The van der Waals surface area contributed by atoms with Crippen molar-refractivity contribution in [2.75, 3.05) is 50.4 Å². The summed E-state index contributed by atoms with van der Waals surface area (Å²) in [5, 5.41) is 5.84. The standard InChI is InChI=1S/C24H32N4O2/c1-4-27(3)15-19-12-13-28(16-19)17-23(29)26-22-11-6-5-10-21(22)24(30)25-20-9-7-8-18(2)14-20/h5-11,14,19H,4,12-13,15-17H2,1-3H3,(H,25,30)(H,26,29)/t19-/m1/s1. The van der Waals surface area contributed by atoms with Crippen LogP contribution in [0.5, 0.6) is 0 Å². The van der Waals surface area contributed by atoms with Crippen LogP contribution < -0.4 is 10.6 Å². The maximum Gasteiger partial charge on any atom is 0.257 e. The van der Waals surface area contributed by atoms with E-state index in [1.165, 1.54) is 0 Å². The summed E-state index contributed by atoms with van der Waals surface area (Å²) in [6.07, 6.45) is 1.12. The quantitative estimate of drug-likeness (QED) is 0.702. The molecule has 1 aliphatic heterocycles. The first-order valence-corrected chi connectivity index (χ1v) is 10.6. The molecular formula is C24H32N4O2. The van der Waals surface area contributed by atoms with Gasteiger partial charge in [-0.25, -0.2) is 0 Å². The van der Waals surface area contributed by atoms with Gasteiger partial charge in [0.05, 0.1) is 17.8 Å². The van der Waals surface area contributed by atoms with Crippen LogP contribution in [-0.2, 0) is 4.79 Å². The van der Waals surface area contributed by atoms with Crippen LogP contribution in [0.15, 0.2) is 48.5 Å². The molecule has 1 atom stereocenters. The number of nitrogens with zero attached hydrogens (tertiary/aromatic N) is 2. The van der Waals surface area contributed by atoms with Crippen molar-refractivity contribution >= 4 is 23.2 Å². The number of carbonyl (C=O) groups is 2. The average molecular weight is 409 g/mol. The molecule has 2 aromatic carbocycles. The zero-order valence-corrected chi connectivity index (χ0v) is 18.1. The first kappa shape index (κ1) is 22.0. The minimum atomic E-state index is -0.236. The summed E-state index contributed by atoms with van der Waals surface area (Å²) in [6.45, 7) is 8.47. The van der Waals surface area contributed by atoms with Crippen LogP contribution in [-0.4, -0.2) is 61.4 Å². The molecule has 0 saturated carbocycles. The number of amides is 2. The third-order valence-corrected chi connectivity index (χ3v) is 5.57. The molecule has 0 aliphatic carbocycles. The predicted molar refractivity (Wildman–Crippen MR) is 122 cm³/mol. The maximum atomic E-state index is 12.8. The van der Waals surface area contributed by atoms with E-state index >= 15 is 0 Å². The molecule has 160 valence electrons. The Kier molecular flexibility index (Phi) is 7.60. The van der Waals surface area contributed by atoms with E-state index in [4.69, 9.17) is 0 Å². The van der Waals surface area contributed by atoms with Gasteiger partial charge in [0.15, 0.2) is 0 Å². The number of likely N-dealkylation sites (tertiary alicyclic amines) is 1.